The number of carbonyl (C=O) groups is 1. The maximum absolute atomic E-state index is 12.4. The number of rotatable bonds is 4. The first-order valence-electron chi connectivity index (χ1n) is 8.13. The zero-order valence-electron chi connectivity index (χ0n) is 14.5. The molecule has 2 N–H and O–H groups in total. The number of para-hydroxylation sites is 1. The summed E-state index contributed by atoms with van der Waals surface area (Å²) < 4.78 is 5.45. The van der Waals surface area contributed by atoms with Gasteiger partial charge < -0.3 is 10.5 Å². The van der Waals surface area contributed by atoms with Gasteiger partial charge in [0.15, 0.2) is 12.4 Å². The van der Waals surface area contributed by atoms with Gasteiger partial charge in [-0.2, -0.15) is 0 Å². The van der Waals surface area contributed by atoms with Crippen LogP contribution in [-0.2, 0) is 16.1 Å². The minimum atomic E-state index is -0.196. The SMILES string of the molecule is CC(C)=C[C@H]1[C@@H](C(=O)OCc2nc(N)c3ccccc3n2)C1(C)C. The van der Waals surface area contributed by atoms with Gasteiger partial charge in [-0.05, 0) is 37.3 Å². The first kappa shape index (κ1) is 16.4. The molecule has 0 saturated heterocycles. The van der Waals surface area contributed by atoms with E-state index in [1.54, 1.807) is 0 Å². The first-order valence-corrected chi connectivity index (χ1v) is 8.13. The van der Waals surface area contributed by atoms with Crippen molar-refractivity contribution >= 4 is 22.7 Å². The first-order chi connectivity index (χ1) is 11.3. The van der Waals surface area contributed by atoms with Gasteiger partial charge in [-0.3, -0.25) is 4.79 Å². The number of benzene rings is 1. The Morgan fingerprint density at radius 2 is 2.00 bits per heavy atom. The van der Waals surface area contributed by atoms with Crippen LogP contribution in [0.5, 0.6) is 0 Å². The van der Waals surface area contributed by atoms with Crippen LogP contribution in [0, 0.1) is 17.3 Å². The molecule has 0 aliphatic heterocycles. The van der Waals surface area contributed by atoms with Crippen molar-refractivity contribution in [2.75, 3.05) is 5.73 Å². The molecule has 0 unspecified atom stereocenters. The number of nitrogens with zero attached hydrogens (tertiary/aromatic N) is 2. The molecule has 1 aliphatic rings. The van der Waals surface area contributed by atoms with Gasteiger partial charge in [-0.1, -0.05) is 37.6 Å². The van der Waals surface area contributed by atoms with E-state index >= 15 is 0 Å². The Balaban J connectivity index is 1.70. The molecule has 1 fully saturated rings. The summed E-state index contributed by atoms with van der Waals surface area (Å²) in [6, 6.07) is 7.52. The molecule has 0 spiro atoms. The van der Waals surface area contributed by atoms with Gasteiger partial charge in [-0.15, -0.1) is 0 Å². The summed E-state index contributed by atoms with van der Waals surface area (Å²) in [6.45, 7) is 8.31. The highest BCUT2D eigenvalue weighted by atomic mass is 16.5. The molecule has 1 heterocycles. The summed E-state index contributed by atoms with van der Waals surface area (Å²) in [6.07, 6.45) is 2.15. The third-order valence-electron chi connectivity index (χ3n) is 4.70. The lowest BCUT2D eigenvalue weighted by Gasteiger charge is -2.07. The van der Waals surface area contributed by atoms with Crippen LogP contribution in [0.2, 0.25) is 0 Å². The van der Waals surface area contributed by atoms with E-state index in [4.69, 9.17) is 10.5 Å². The summed E-state index contributed by atoms with van der Waals surface area (Å²) in [7, 11) is 0. The van der Waals surface area contributed by atoms with Gasteiger partial charge in [0.1, 0.15) is 5.82 Å². The number of ether oxygens (including phenoxy) is 1. The standard InChI is InChI=1S/C19H23N3O2/c1-11(2)9-13-16(19(13,3)4)18(23)24-10-15-21-14-8-6-5-7-12(14)17(20)22-15/h5-9,13,16H,10H2,1-4H3,(H2,20,21,22)/t13-,16-/m0/s1. The van der Waals surface area contributed by atoms with Crippen molar-refractivity contribution in [1.82, 2.24) is 9.97 Å². The van der Waals surface area contributed by atoms with E-state index in [-0.39, 0.29) is 29.8 Å². The van der Waals surface area contributed by atoms with Crippen LogP contribution in [-0.4, -0.2) is 15.9 Å². The lowest BCUT2D eigenvalue weighted by atomic mass is 10.1. The highest BCUT2D eigenvalue weighted by Gasteiger charge is 2.61. The van der Waals surface area contributed by atoms with Crippen LogP contribution in [0.4, 0.5) is 5.82 Å². The maximum Gasteiger partial charge on any atom is 0.310 e. The molecule has 2 atom stereocenters. The van der Waals surface area contributed by atoms with Crippen molar-refractivity contribution in [3.8, 4) is 0 Å². The van der Waals surface area contributed by atoms with Gasteiger partial charge in [-0.25, -0.2) is 9.97 Å². The van der Waals surface area contributed by atoms with Crippen molar-refractivity contribution in [1.29, 1.82) is 0 Å². The number of allylic oxidation sites excluding steroid dienone is 2. The van der Waals surface area contributed by atoms with E-state index in [1.165, 1.54) is 5.57 Å². The van der Waals surface area contributed by atoms with Crippen molar-refractivity contribution < 1.29 is 9.53 Å². The van der Waals surface area contributed by atoms with Crippen molar-refractivity contribution in [2.45, 2.75) is 34.3 Å². The maximum atomic E-state index is 12.4. The lowest BCUT2D eigenvalue weighted by Crippen LogP contribution is -2.12. The molecule has 24 heavy (non-hydrogen) atoms. The molecule has 5 nitrogen and oxygen atoms in total. The number of anilines is 1. The van der Waals surface area contributed by atoms with E-state index < -0.39 is 0 Å². The van der Waals surface area contributed by atoms with Crippen LogP contribution in [0.15, 0.2) is 35.9 Å². The minimum Gasteiger partial charge on any atom is -0.457 e. The predicted molar refractivity (Wildman–Crippen MR) is 93.9 cm³/mol. The van der Waals surface area contributed by atoms with Crippen LogP contribution < -0.4 is 5.73 Å². The fraction of sp³-hybridized carbons (Fsp3) is 0.421. The molecule has 2 aromatic rings. The number of nitrogen functional groups attached to an aromatic ring is 1. The fourth-order valence-corrected chi connectivity index (χ4v) is 3.24. The van der Waals surface area contributed by atoms with Crippen LogP contribution in [0.25, 0.3) is 10.9 Å². The summed E-state index contributed by atoms with van der Waals surface area (Å²) >= 11 is 0. The zero-order chi connectivity index (χ0) is 17.5. The van der Waals surface area contributed by atoms with E-state index in [0.29, 0.717) is 11.6 Å². The zero-order valence-corrected chi connectivity index (χ0v) is 14.5. The van der Waals surface area contributed by atoms with Crippen molar-refractivity contribution in [2.24, 2.45) is 17.3 Å². The third kappa shape index (κ3) is 2.98. The van der Waals surface area contributed by atoms with Crippen LogP contribution in [0.1, 0.15) is 33.5 Å². The lowest BCUT2D eigenvalue weighted by molar-refractivity contribution is -0.147. The molecular formula is C19H23N3O2. The van der Waals surface area contributed by atoms with Crippen LogP contribution in [0.3, 0.4) is 0 Å². The molecule has 1 aromatic carbocycles. The monoisotopic (exact) mass is 325 g/mol. The Morgan fingerprint density at radius 3 is 2.71 bits per heavy atom. The Bertz CT molecular complexity index is 822. The van der Waals surface area contributed by atoms with Crippen molar-refractivity contribution in [3.05, 3.63) is 41.7 Å². The molecule has 0 amide bonds. The average Bonchev–Trinajstić information content (AvgIpc) is 3.05. The molecule has 126 valence electrons. The fourth-order valence-electron chi connectivity index (χ4n) is 3.24. The highest BCUT2D eigenvalue weighted by molar-refractivity contribution is 5.87. The number of hydrogen-bond acceptors (Lipinski definition) is 5. The van der Waals surface area contributed by atoms with Crippen LogP contribution >= 0.6 is 0 Å². The molecule has 1 aliphatic carbocycles. The molecule has 0 radical (unpaired) electrons. The summed E-state index contributed by atoms with van der Waals surface area (Å²) in [5.74, 6) is 0.762. The van der Waals surface area contributed by atoms with Gasteiger partial charge in [0.05, 0.1) is 11.4 Å². The van der Waals surface area contributed by atoms with E-state index in [9.17, 15) is 4.79 Å². The Labute approximate surface area is 141 Å². The Morgan fingerprint density at radius 1 is 1.29 bits per heavy atom. The predicted octanol–water partition coefficient (Wildman–Crippen LogP) is 3.49. The molecule has 1 saturated carbocycles. The van der Waals surface area contributed by atoms with E-state index in [0.717, 1.165) is 10.9 Å². The summed E-state index contributed by atoms with van der Waals surface area (Å²) in [5, 5.41) is 0.805. The number of fused-ring (bicyclic) bond motifs is 1. The Kier molecular flexibility index (Phi) is 4.03. The number of carbonyl (C=O) groups excluding carboxylic acids is 1. The van der Waals surface area contributed by atoms with E-state index in [1.807, 2.05) is 38.1 Å². The van der Waals surface area contributed by atoms with Crippen molar-refractivity contribution in [3.63, 3.8) is 0 Å². The topological polar surface area (TPSA) is 78.1 Å². The molecule has 5 heteroatoms. The molecule has 0 bridgehead atoms. The number of hydrogen-bond donors (Lipinski definition) is 1. The second kappa shape index (κ2) is 5.89. The number of esters is 1. The quantitative estimate of drug-likeness (QED) is 0.687. The minimum absolute atomic E-state index is 0.0436. The normalized spacial score (nSPS) is 21.3. The van der Waals surface area contributed by atoms with Gasteiger partial charge in [0, 0.05) is 5.39 Å². The smallest absolute Gasteiger partial charge is 0.310 e. The summed E-state index contributed by atoms with van der Waals surface area (Å²) in [4.78, 5) is 21.0. The molecule has 3 rings (SSSR count). The Hall–Kier alpha value is -2.43. The second-order valence-corrected chi connectivity index (χ2v) is 7.22. The number of nitrogens with two attached hydrogens (primary N) is 1. The van der Waals surface area contributed by atoms with Gasteiger partial charge in [0.2, 0.25) is 0 Å². The van der Waals surface area contributed by atoms with Gasteiger partial charge >= 0.3 is 5.97 Å². The molecular weight excluding hydrogens is 302 g/mol. The largest absolute Gasteiger partial charge is 0.457 e. The second-order valence-electron chi connectivity index (χ2n) is 7.22. The number of aromatic nitrogens is 2. The highest BCUT2D eigenvalue weighted by Crippen LogP contribution is 2.59. The average molecular weight is 325 g/mol. The van der Waals surface area contributed by atoms with E-state index in [2.05, 4.69) is 29.9 Å². The van der Waals surface area contributed by atoms with Gasteiger partial charge in [0.25, 0.3) is 0 Å². The summed E-state index contributed by atoms with van der Waals surface area (Å²) in [5.41, 5.74) is 7.87. The third-order valence-corrected chi connectivity index (χ3v) is 4.70. The molecule has 1 aromatic heterocycles.